The molecule has 2 unspecified atom stereocenters. The number of nitro benzene ring substituents is 1. The highest BCUT2D eigenvalue weighted by Gasteiger charge is 2.33. The van der Waals surface area contributed by atoms with Crippen molar-refractivity contribution in [2.45, 2.75) is 35.6 Å². The lowest BCUT2D eigenvalue weighted by Gasteiger charge is -2.16. The molecule has 0 aromatic heterocycles. The fraction of sp³-hybridized carbons (Fsp3) is 0.455. The Hall–Kier alpha value is -1.25. The van der Waals surface area contributed by atoms with E-state index >= 15 is 0 Å². The van der Waals surface area contributed by atoms with E-state index < -0.39 is 37.4 Å². The van der Waals surface area contributed by atoms with Crippen LogP contribution in [0.5, 0.6) is 0 Å². The lowest BCUT2D eigenvalue weighted by atomic mass is 10.3. The fourth-order valence-corrected chi connectivity index (χ4v) is 4.05. The third kappa shape index (κ3) is 3.08. The molecule has 110 valence electrons. The van der Waals surface area contributed by atoms with E-state index in [1.807, 2.05) is 0 Å². The first-order valence-corrected chi connectivity index (χ1v) is 7.83. The van der Waals surface area contributed by atoms with Crippen LogP contribution in [0.15, 0.2) is 23.1 Å². The van der Waals surface area contributed by atoms with Crippen LogP contribution in [0.3, 0.4) is 0 Å². The maximum absolute atomic E-state index is 13.0. The minimum atomic E-state index is -4.11. The van der Waals surface area contributed by atoms with Gasteiger partial charge in [-0.2, -0.15) is 0 Å². The summed E-state index contributed by atoms with van der Waals surface area (Å²) in [5.74, 6) is -0.869. The van der Waals surface area contributed by atoms with Gasteiger partial charge in [-0.1, -0.05) is 6.42 Å². The van der Waals surface area contributed by atoms with Gasteiger partial charge >= 0.3 is 0 Å². The largest absolute Gasteiger partial charge is 0.292 e. The molecule has 0 saturated heterocycles. The number of sulfonamides is 1. The van der Waals surface area contributed by atoms with Crippen LogP contribution >= 0.6 is 11.6 Å². The van der Waals surface area contributed by atoms with E-state index in [1.165, 1.54) is 0 Å². The molecule has 0 spiro atoms. The maximum Gasteiger partial charge on any atom is 0.292 e. The van der Waals surface area contributed by atoms with E-state index in [0.717, 1.165) is 18.6 Å². The predicted molar refractivity (Wildman–Crippen MR) is 70.7 cm³/mol. The number of hydrogen-bond donors (Lipinski definition) is 1. The zero-order valence-electron chi connectivity index (χ0n) is 10.3. The van der Waals surface area contributed by atoms with Crippen LogP contribution < -0.4 is 4.72 Å². The summed E-state index contributed by atoms with van der Waals surface area (Å²) in [5.41, 5.74) is -0.790. The first-order valence-electron chi connectivity index (χ1n) is 5.91. The van der Waals surface area contributed by atoms with E-state index in [2.05, 4.69) is 4.72 Å². The SMILES string of the molecule is O=[N+]([O-])c1cc(F)ccc1S(=O)(=O)NC1CCCC1Cl. The van der Waals surface area contributed by atoms with Crippen LogP contribution in [0, 0.1) is 15.9 Å². The topological polar surface area (TPSA) is 89.3 Å². The number of halogens is 2. The van der Waals surface area contributed by atoms with E-state index in [9.17, 15) is 22.9 Å². The lowest BCUT2D eigenvalue weighted by Crippen LogP contribution is -2.38. The Balaban J connectivity index is 2.36. The summed E-state index contributed by atoms with van der Waals surface area (Å²) in [6, 6.07) is 1.87. The van der Waals surface area contributed by atoms with Crippen molar-refractivity contribution in [3.05, 3.63) is 34.1 Å². The van der Waals surface area contributed by atoms with Crippen molar-refractivity contribution >= 4 is 27.3 Å². The second kappa shape index (κ2) is 5.63. The smallest absolute Gasteiger partial charge is 0.258 e. The molecular weight excluding hydrogens is 311 g/mol. The average Bonchev–Trinajstić information content (AvgIpc) is 2.74. The minimum Gasteiger partial charge on any atom is -0.258 e. The Kier molecular flexibility index (Phi) is 4.26. The minimum absolute atomic E-state index is 0.343. The van der Waals surface area contributed by atoms with Crippen molar-refractivity contribution in [1.29, 1.82) is 0 Å². The second-order valence-corrected chi connectivity index (χ2v) is 6.79. The normalized spacial score (nSPS) is 22.9. The molecule has 1 saturated carbocycles. The highest BCUT2D eigenvalue weighted by Crippen LogP contribution is 2.28. The Morgan fingerprint density at radius 3 is 2.65 bits per heavy atom. The summed E-state index contributed by atoms with van der Waals surface area (Å²) in [4.78, 5) is 9.36. The van der Waals surface area contributed by atoms with Crippen LogP contribution in [0.1, 0.15) is 19.3 Å². The molecule has 0 heterocycles. The van der Waals surface area contributed by atoms with Crippen LogP contribution in [-0.2, 0) is 10.0 Å². The van der Waals surface area contributed by atoms with Crippen LogP contribution in [0.25, 0.3) is 0 Å². The van der Waals surface area contributed by atoms with Gasteiger partial charge in [-0.05, 0) is 25.0 Å². The third-order valence-electron chi connectivity index (χ3n) is 3.15. The van der Waals surface area contributed by atoms with Crippen molar-refractivity contribution in [2.24, 2.45) is 0 Å². The lowest BCUT2D eigenvalue weighted by molar-refractivity contribution is -0.388. The Morgan fingerprint density at radius 1 is 1.40 bits per heavy atom. The van der Waals surface area contributed by atoms with Gasteiger partial charge in [0.25, 0.3) is 5.69 Å². The van der Waals surface area contributed by atoms with Crippen LogP contribution in [0.4, 0.5) is 10.1 Å². The Bertz CT molecular complexity index is 637. The Morgan fingerprint density at radius 2 is 2.10 bits per heavy atom. The highest BCUT2D eigenvalue weighted by molar-refractivity contribution is 7.89. The van der Waals surface area contributed by atoms with Crippen molar-refractivity contribution in [2.75, 3.05) is 0 Å². The van der Waals surface area contributed by atoms with E-state index in [0.29, 0.717) is 18.9 Å². The first-order chi connectivity index (χ1) is 9.31. The molecule has 1 aliphatic rings. The van der Waals surface area contributed by atoms with Gasteiger partial charge in [-0.25, -0.2) is 17.5 Å². The summed E-state index contributed by atoms with van der Waals surface area (Å²) in [6.07, 6.45) is 2.04. The average molecular weight is 323 g/mol. The molecule has 9 heteroatoms. The molecule has 1 aromatic carbocycles. The number of alkyl halides is 1. The molecule has 1 aliphatic carbocycles. The van der Waals surface area contributed by atoms with Gasteiger partial charge in [-0.3, -0.25) is 10.1 Å². The van der Waals surface area contributed by atoms with Gasteiger partial charge in [0.2, 0.25) is 10.0 Å². The second-order valence-electron chi connectivity index (χ2n) is 4.54. The molecule has 1 N–H and O–H groups in total. The van der Waals surface area contributed by atoms with Crippen LogP contribution in [0.2, 0.25) is 0 Å². The van der Waals surface area contributed by atoms with Gasteiger partial charge in [0.05, 0.1) is 11.0 Å². The molecule has 6 nitrogen and oxygen atoms in total. The molecule has 0 amide bonds. The monoisotopic (exact) mass is 322 g/mol. The molecule has 0 aliphatic heterocycles. The standard InChI is InChI=1S/C11H12ClFN2O4S/c12-8-2-1-3-9(8)14-20(18,19)11-5-4-7(13)6-10(11)15(16)17/h4-6,8-9,14H,1-3H2. The molecule has 1 fully saturated rings. The number of benzene rings is 1. The van der Waals surface area contributed by atoms with Crippen LogP contribution in [-0.4, -0.2) is 24.8 Å². The molecule has 2 rings (SSSR count). The van der Waals surface area contributed by atoms with Crippen molar-refractivity contribution in [1.82, 2.24) is 4.72 Å². The fourth-order valence-electron chi connectivity index (χ4n) is 2.17. The van der Waals surface area contributed by atoms with Gasteiger partial charge in [0, 0.05) is 11.4 Å². The summed E-state index contributed by atoms with van der Waals surface area (Å²) in [6.45, 7) is 0. The molecule has 1 aromatic rings. The van der Waals surface area contributed by atoms with Gasteiger partial charge in [-0.15, -0.1) is 11.6 Å². The summed E-state index contributed by atoms with van der Waals surface area (Å²) in [7, 11) is -4.11. The molecule has 0 radical (unpaired) electrons. The van der Waals surface area contributed by atoms with E-state index in [4.69, 9.17) is 11.6 Å². The predicted octanol–water partition coefficient (Wildman–Crippen LogP) is 2.17. The van der Waals surface area contributed by atoms with Gasteiger partial charge in [0.1, 0.15) is 5.82 Å². The number of nitro groups is 1. The molecule has 0 bridgehead atoms. The first kappa shape index (κ1) is 15.1. The summed E-state index contributed by atoms with van der Waals surface area (Å²) >= 11 is 5.98. The van der Waals surface area contributed by atoms with Crippen molar-refractivity contribution < 1.29 is 17.7 Å². The molecule has 20 heavy (non-hydrogen) atoms. The maximum atomic E-state index is 13.0. The summed E-state index contributed by atoms with van der Waals surface area (Å²) in [5, 5.41) is 10.5. The number of hydrogen-bond acceptors (Lipinski definition) is 4. The number of nitrogens with zero attached hydrogens (tertiary/aromatic N) is 1. The number of rotatable bonds is 4. The number of nitrogens with one attached hydrogen (secondary N) is 1. The highest BCUT2D eigenvalue weighted by atomic mass is 35.5. The van der Waals surface area contributed by atoms with Gasteiger partial charge in [0.15, 0.2) is 4.90 Å². The molecular formula is C11H12ClFN2O4S. The van der Waals surface area contributed by atoms with Crippen molar-refractivity contribution in [3.8, 4) is 0 Å². The molecule has 2 atom stereocenters. The van der Waals surface area contributed by atoms with E-state index in [-0.39, 0.29) is 5.38 Å². The van der Waals surface area contributed by atoms with E-state index in [1.54, 1.807) is 0 Å². The third-order valence-corrected chi connectivity index (χ3v) is 5.21. The zero-order chi connectivity index (χ0) is 14.9. The zero-order valence-corrected chi connectivity index (χ0v) is 11.8. The summed E-state index contributed by atoms with van der Waals surface area (Å²) < 4.78 is 39.7. The Labute approximate surface area is 120 Å². The quantitative estimate of drug-likeness (QED) is 0.522. The van der Waals surface area contributed by atoms with Crippen molar-refractivity contribution in [3.63, 3.8) is 0 Å². The van der Waals surface area contributed by atoms with Gasteiger partial charge < -0.3 is 0 Å².